The van der Waals surface area contributed by atoms with Crippen LogP contribution in [0.25, 0.3) is 6.08 Å². The highest BCUT2D eigenvalue weighted by atomic mass is 16.5. The lowest BCUT2D eigenvalue weighted by Gasteiger charge is -2.08. The summed E-state index contributed by atoms with van der Waals surface area (Å²) in [5, 5.41) is 0. The first-order chi connectivity index (χ1) is 9.62. The van der Waals surface area contributed by atoms with Crippen molar-refractivity contribution in [3.63, 3.8) is 0 Å². The Bertz CT molecular complexity index is 466. The molecule has 0 aliphatic heterocycles. The molecule has 0 saturated heterocycles. The minimum atomic E-state index is -0.163. The molecule has 1 rings (SSSR count). The monoisotopic (exact) mass is 278 g/mol. The van der Waals surface area contributed by atoms with Gasteiger partial charge < -0.3 is 14.2 Å². The minimum Gasteiger partial charge on any atom is -0.493 e. The summed E-state index contributed by atoms with van der Waals surface area (Å²) in [7, 11) is 3.20. The zero-order valence-corrected chi connectivity index (χ0v) is 12.5. The zero-order chi connectivity index (χ0) is 15.0. The van der Waals surface area contributed by atoms with E-state index < -0.39 is 0 Å². The summed E-state index contributed by atoms with van der Waals surface area (Å²) in [5.74, 6) is 1.15. The molecule has 4 heteroatoms. The van der Waals surface area contributed by atoms with E-state index in [1.165, 1.54) is 0 Å². The van der Waals surface area contributed by atoms with Crippen molar-refractivity contribution in [1.29, 1.82) is 0 Å². The van der Waals surface area contributed by atoms with E-state index in [0.717, 1.165) is 12.0 Å². The standard InChI is InChI=1S/C16H22O4/c1-5-12(2)16(17)20-10-6-7-13-8-9-14(18-3)15(11-13)19-4/h6-9,11-12H,5,10H2,1-4H3/b7-6+/t12-/m1/s1. The quantitative estimate of drug-likeness (QED) is 0.718. The topological polar surface area (TPSA) is 44.8 Å². The molecule has 0 radical (unpaired) electrons. The predicted octanol–water partition coefficient (Wildman–Crippen LogP) is 3.31. The Morgan fingerprint density at radius 1 is 1.25 bits per heavy atom. The van der Waals surface area contributed by atoms with Gasteiger partial charge in [-0.2, -0.15) is 0 Å². The molecule has 0 saturated carbocycles. The van der Waals surface area contributed by atoms with Gasteiger partial charge >= 0.3 is 5.97 Å². The SMILES string of the molecule is CC[C@@H](C)C(=O)OC/C=C/c1ccc(OC)c(OC)c1. The summed E-state index contributed by atoms with van der Waals surface area (Å²) >= 11 is 0. The molecule has 4 nitrogen and oxygen atoms in total. The van der Waals surface area contributed by atoms with Crippen LogP contribution >= 0.6 is 0 Å². The van der Waals surface area contributed by atoms with Gasteiger partial charge in [-0.05, 0) is 30.2 Å². The highest BCUT2D eigenvalue weighted by Gasteiger charge is 2.10. The molecule has 110 valence electrons. The average molecular weight is 278 g/mol. The van der Waals surface area contributed by atoms with Crippen molar-refractivity contribution in [2.24, 2.45) is 5.92 Å². The van der Waals surface area contributed by atoms with E-state index in [2.05, 4.69) is 0 Å². The summed E-state index contributed by atoms with van der Waals surface area (Å²) in [6.07, 6.45) is 4.48. The molecule has 0 N–H and O–H groups in total. The number of ether oxygens (including phenoxy) is 3. The van der Waals surface area contributed by atoms with Crippen molar-refractivity contribution in [3.8, 4) is 11.5 Å². The summed E-state index contributed by atoms with van der Waals surface area (Å²) in [6, 6.07) is 5.61. The molecule has 0 amide bonds. The van der Waals surface area contributed by atoms with E-state index in [1.807, 2.05) is 44.2 Å². The van der Waals surface area contributed by atoms with Gasteiger partial charge in [-0.25, -0.2) is 0 Å². The maximum atomic E-state index is 11.5. The summed E-state index contributed by atoms with van der Waals surface area (Å²) in [5.41, 5.74) is 0.960. The maximum absolute atomic E-state index is 11.5. The van der Waals surface area contributed by atoms with E-state index in [4.69, 9.17) is 14.2 Å². The number of benzene rings is 1. The van der Waals surface area contributed by atoms with Gasteiger partial charge in [0.1, 0.15) is 6.61 Å². The largest absolute Gasteiger partial charge is 0.493 e. The Labute approximate surface area is 120 Å². The number of hydrogen-bond acceptors (Lipinski definition) is 4. The van der Waals surface area contributed by atoms with Crippen molar-refractivity contribution in [1.82, 2.24) is 0 Å². The Balaban J connectivity index is 2.56. The highest BCUT2D eigenvalue weighted by molar-refractivity contribution is 5.72. The predicted molar refractivity (Wildman–Crippen MR) is 79.0 cm³/mol. The summed E-state index contributed by atoms with van der Waals surface area (Å²) < 4.78 is 15.5. The first kappa shape index (κ1) is 16.1. The Morgan fingerprint density at radius 3 is 2.55 bits per heavy atom. The molecule has 1 atom stereocenters. The molecule has 0 heterocycles. The third-order valence-electron chi connectivity index (χ3n) is 3.05. The Kier molecular flexibility index (Phi) is 6.64. The van der Waals surface area contributed by atoms with Gasteiger partial charge in [0.15, 0.2) is 11.5 Å². The molecule has 1 aromatic carbocycles. The highest BCUT2D eigenvalue weighted by Crippen LogP contribution is 2.27. The molecule has 0 bridgehead atoms. The second kappa shape index (κ2) is 8.25. The molecule has 0 aliphatic rings. The summed E-state index contributed by atoms with van der Waals surface area (Å²) in [4.78, 5) is 11.5. The fourth-order valence-electron chi connectivity index (χ4n) is 1.58. The Hall–Kier alpha value is -1.97. The molecular formula is C16H22O4. The van der Waals surface area contributed by atoms with E-state index >= 15 is 0 Å². The number of methoxy groups -OCH3 is 2. The average Bonchev–Trinajstić information content (AvgIpc) is 2.50. The van der Waals surface area contributed by atoms with Crippen molar-refractivity contribution in [3.05, 3.63) is 29.8 Å². The van der Waals surface area contributed by atoms with Crippen molar-refractivity contribution in [2.75, 3.05) is 20.8 Å². The number of rotatable bonds is 7. The van der Waals surface area contributed by atoms with Crippen LogP contribution < -0.4 is 9.47 Å². The van der Waals surface area contributed by atoms with Gasteiger partial charge in [0.2, 0.25) is 0 Å². The maximum Gasteiger partial charge on any atom is 0.308 e. The minimum absolute atomic E-state index is 0.0514. The van der Waals surface area contributed by atoms with Crippen LogP contribution in [0.4, 0.5) is 0 Å². The van der Waals surface area contributed by atoms with Crippen LogP contribution in [0, 0.1) is 5.92 Å². The number of esters is 1. The van der Waals surface area contributed by atoms with Crippen LogP contribution in [0.5, 0.6) is 11.5 Å². The zero-order valence-electron chi connectivity index (χ0n) is 12.5. The van der Waals surface area contributed by atoms with Gasteiger partial charge in [0.05, 0.1) is 20.1 Å². The van der Waals surface area contributed by atoms with Gasteiger partial charge in [-0.3, -0.25) is 4.79 Å². The van der Waals surface area contributed by atoms with E-state index in [1.54, 1.807) is 14.2 Å². The van der Waals surface area contributed by atoms with Gasteiger partial charge in [-0.1, -0.05) is 26.0 Å². The molecule has 1 aromatic rings. The van der Waals surface area contributed by atoms with Gasteiger partial charge in [0.25, 0.3) is 0 Å². The molecule has 0 aromatic heterocycles. The van der Waals surface area contributed by atoms with Crippen LogP contribution in [0.3, 0.4) is 0 Å². The molecule has 0 fully saturated rings. The van der Waals surface area contributed by atoms with E-state index in [-0.39, 0.29) is 18.5 Å². The third kappa shape index (κ3) is 4.61. The van der Waals surface area contributed by atoms with Gasteiger partial charge in [0, 0.05) is 0 Å². The normalized spacial score (nSPS) is 12.2. The van der Waals surface area contributed by atoms with Crippen LogP contribution in [0.15, 0.2) is 24.3 Å². The molecule has 0 aliphatic carbocycles. The third-order valence-corrected chi connectivity index (χ3v) is 3.05. The van der Waals surface area contributed by atoms with E-state index in [9.17, 15) is 4.79 Å². The lowest BCUT2D eigenvalue weighted by Crippen LogP contribution is -2.13. The number of carbonyl (C=O) groups excluding carboxylic acids is 1. The molecule has 20 heavy (non-hydrogen) atoms. The number of carbonyl (C=O) groups is 1. The fraction of sp³-hybridized carbons (Fsp3) is 0.438. The lowest BCUT2D eigenvalue weighted by molar-refractivity contribution is -0.146. The van der Waals surface area contributed by atoms with Crippen LogP contribution in [0.2, 0.25) is 0 Å². The molecule has 0 unspecified atom stereocenters. The van der Waals surface area contributed by atoms with Gasteiger partial charge in [-0.15, -0.1) is 0 Å². The van der Waals surface area contributed by atoms with Crippen LogP contribution in [-0.2, 0) is 9.53 Å². The second-order valence-electron chi connectivity index (χ2n) is 4.46. The van der Waals surface area contributed by atoms with Crippen LogP contribution in [0.1, 0.15) is 25.8 Å². The Morgan fingerprint density at radius 2 is 1.95 bits per heavy atom. The first-order valence-electron chi connectivity index (χ1n) is 6.67. The van der Waals surface area contributed by atoms with Crippen molar-refractivity contribution in [2.45, 2.75) is 20.3 Å². The smallest absolute Gasteiger partial charge is 0.308 e. The second-order valence-corrected chi connectivity index (χ2v) is 4.46. The first-order valence-corrected chi connectivity index (χ1v) is 6.67. The molecule has 0 spiro atoms. The van der Waals surface area contributed by atoms with E-state index in [0.29, 0.717) is 11.5 Å². The van der Waals surface area contributed by atoms with Crippen LogP contribution in [-0.4, -0.2) is 26.8 Å². The molecular weight excluding hydrogens is 256 g/mol. The lowest BCUT2D eigenvalue weighted by atomic mass is 10.1. The van der Waals surface area contributed by atoms with Crippen molar-refractivity contribution >= 4 is 12.0 Å². The number of hydrogen-bond donors (Lipinski definition) is 0. The summed E-state index contributed by atoms with van der Waals surface area (Å²) in [6.45, 7) is 4.10. The fourth-order valence-corrected chi connectivity index (χ4v) is 1.58. The van der Waals surface area contributed by atoms with Crippen molar-refractivity contribution < 1.29 is 19.0 Å².